The fourth-order valence-electron chi connectivity index (χ4n) is 6.83. The van der Waals surface area contributed by atoms with Crippen LogP contribution >= 0.6 is 0 Å². The summed E-state index contributed by atoms with van der Waals surface area (Å²) in [5, 5.41) is 1.57. The van der Waals surface area contributed by atoms with Crippen LogP contribution in [0.15, 0.2) is 127 Å². The first kappa shape index (κ1) is 31.6. The first-order valence-electron chi connectivity index (χ1n) is 14.8. The molecule has 3 aromatic rings. The van der Waals surface area contributed by atoms with Crippen LogP contribution in [0.4, 0.5) is 0 Å². The number of carbonyl (C=O) groups is 2. The van der Waals surface area contributed by atoms with Crippen molar-refractivity contribution in [3.63, 3.8) is 0 Å². The topological polar surface area (TPSA) is 80.8 Å². The van der Waals surface area contributed by atoms with E-state index in [-0.39, 0.29) is 29.2 Å². The lowest BCUT2D eigenvalue weighted by Crippen LogP contribution is -2.71. The summed E-state index contributed by atoms with van der Waals surface area (Å²) in [6.45, 7) is 16.1. The lowest BCUT2D eigenvalue weighted by atomic mass is 9.61. The van der Waals surface area contributed by atoms with Crippen molar-refractivity contribution in [1.29, 1.82) is 0 Å². The largest absolute Gasteiger partial charge is 0.402 e. The fraction of sp³-hybridized carbons (Fsp3) is 0.278. The van der Waals surface area contributed by atoms with Gasteiger partial charge in [-0.25, -0.2) is 12.7 Å². The van der Waals surface area contributed by atoms with Gasteiger partial charge in [-0.15, -0.1) is 6.58 Å². The molecule has 0 unspecified atom stereocenters. The van der Waals surface area contributed by atoms with Crippen molar-refractivity contribution < 1.29 is 22.4 Å². The van der Waals surface area contributed by atoms with E-state index in [0.29, 0.717) is 0 Å². The summed E-state index contributed by atoms with van der Waals surface area (Å²) in [7, 11) is -7.54. The predicted molar refractivity (Wildman–Crippen MR) is 177 cm³/mol. The van der Waals surface area contributed by atoms with Gasteiger partial charge in [0.25, 0.3) is 18.3 Å². The molecule has 3 atom stereocenters. The molecule has 0 aromatic heterocycles. The maximum Gasteiger partial charge on any atom is 0.266 e. The van der Waals surface area contributed by atoms with Crippen molar-refractivity contribution in [3.8, 4) is 0 Å². The van der Waals surface area contributed by atoms with E-state index in [2.05, 4.69) is 58.2 Å². The molecular weight excluding hydrogens is 587 g/mol. The molecule has 5 rings (SSSR count). The number of carbonyl (C=O) groups excluding carboxylic acids is 2. The first-order chi connectivity index (χ1) is 20.8. The number of allylic oxidation sites excluding steroid dienone is 2. The molecule has 0 spiro atoms. The molecule has 2 aliphatic rings. The third-order valence-electron chi connectivity index (χ3n) is 8.96. The Hall–Kier alpha value is -3.85. The van der Waals surface area contributed by atoms with Crippen LogP contribution in [0.1, 0.15) is 32.8 Å². The van der Waals surface area contributed by atoms with Gasteiger partial charge in [0, 0.05) is 5.92 Å². The molecule has 0 N–H and O–H groups in total. The van der Waals surface area contributed by atoms with Crippen LogP contribution in [0.2, 0.25) is 5.04 Å². The average Bonchev–Trinajstić information content (AvgIpc) is 3.00. The Morgan fingerprint density at radius 3 is 2.00 bits per heavy atom. The summed E-state index contributed by atoms with van der Waals surface area (Å²) in [4.78, 5) is 27.7. The molecule has 1 fully saturated rings. The maximum absolute atomic E-state index is 14.5. The van der Waals surface area contributed by atoms with E-state index in [1.165, 1.54) is 18.2 Å². The Balaban J connectivity index is 1.77. The van der Waals surface area contributed by atoms with Gasteiger partial charge in [-0.1, -0.05) is 118 Å². The third kappa shape index (κ3) is 5.04. The van der Waals surface area contributed by atoms with Gasteiger partial charge >= 0.3 is 0 Å². The highest BCUT2D eigenvalue weighted by atomic mass is 32.2. The first-order valence-corrected chi connectivity index (χ1v) is 18.1. The minimum Gasteiger partial charge on any atom is -0.402 e. The standard InChI is InChI=1S/C36H39NO5SSi/c1-7-23-36-24-22-31(38)27(3)33(36)32(25-37(34(36)39)43(40,41)28-20-18-26(2)19-21-28)42-44(35(4,5)6,29-14-10-8-11-15-29)30-16-12-9-13-17-30/h7-22,24,32-33H,1,3,23,25H2,2,4-6H3/t32-,33+,36+/m0/s1. The van der Waals surface area contributed by atoms with Crippen LogP contribution in [0.5, 0.6) is 0 Å². The molecule has 8 heteroatoms. The molecule has 228 valence electrons. The molecule has 0 radical (unpaired) electrons. The van der Waals surface area contributed by atoms with Crippen molar-refractivity contribution in [3.05, 3.63) is 127 Å². The number of hydrogen-bond donors (Lipinski definition) is 0. The van der Waals surface area contributed by atoms with Crippen molar-refractivity contribution in [1.82, 2.24) is 4.31 Å². The van der Waals surface area contributed by atoms with Gasteiger partial charge < -0.3 is 4.43 Å². The minimum absolute atomic E-state index is 0.0162. The summed E-state index contributed by atoms with van der Waals surface area (Å²) in [5.74, 6) is -1.71. The van der Waals surface area contributed by atoms with Crippen molar-refractivity contribution in [2.75, 3.05) is 6.54 Å². The van der Waals surface area contributed by atoms with Gasteiger partial charge in [0.15, 0.2) is 5.78 Å². The van der Waals surface area contributed by atoms with Gasteiger partial charge in [-0.3, -0.25) is 9.59 Å². The van der Waals surface area contributed by atoms with Gasteiger partial charge in [0.1, 0.15) is 0 Å². The Labute approximate surface area is 261 Å². The van der Waals surface area contributed by atoms with E-state index < -0.39 is 46.7 Å². The molecule has 1 aliphatic carbocycles. The molecular formula is C36H39NO5SSi. The second-order valence-corrected chi connectivity index (χ2v) is 18.8. The molecule has 0 bridgehead atoms. The number of piperidine rings is 1. The van der Waals surface area contributed by atoms with E-state index in [0.717, 1.165) is 20.2 Å². The number of ketones is 1. The van der Waals surface area contributed by atoms with E-state index >= 15 is 0 Å². The second-order valence-electron chi connectivity index (χ2n) is 12.7. The second kappa shape index (κ2) is 11.6. The molecule has 44 heavy (non-hydrogen) atoms. The lowest BCUT2D eigenvalue weighted by Gasteiger charge is -2.54. The Morgan fingerprint density at radius 2 is 1.50 bits per heavy atom. The Bertz CT molecular complexity index is 1690. The number of sulfonamides is 1. The number of amides is 1. The smallest absolute Gasteiger partial charge is 0.266 e. The fourth-order valence-corrected chi connectivity index (χ4v) is 13.0. The molecule has 6 nitrogen and oxygen atoms in total. The predicted octanol–water partition coefficient (Wildman–Crippen LogP) is 5.34. The van der Waals surface area contributed by atoms with Crippen molar-refractivity contribution in [2.24, 2.45) is 11.3 Å². The van der Waals surface area contributed by atoms with E-state index in [4.69, 9.17) is 4.43 Å². The van der Waals surface area contributed by atoms with E-state index in [9.17, 15) is 18.0 Å². The summed E-state index contributed by atoms with van der Waals surface area (Å²) in [5.41, 5.74) is -0.285. The van der Waals surface area contributed by atoms with Gasteiger partial charge in [-0.05, 0) is 52.5 Å². The summed E-state index contributed by atoms with van der Waals surface area (Å²) < 4.78 is 36.9. The summed E-state index contributed by atoms with van der Waals surface area (Å²) in [6.07, 6.45) is 3.72. The van der Waals surface area contributed by atoms with Crippen LogP contribution in [0, 0.1) is 18.3 Å². The number of fused-ring (bicyclic) bond motifs is 1. The van der Waals surface area contributed by atoms with Crippen LogP contribution < -0.4 is 10.4 Å². The Morgan fingerprint density at radius 1 is 0.955 bits per heavy atom. The van der Waals surface area contributed by atoms with Crippen molar-refractivity contribution >= 4 is 40.4 Å². The molecule has 0 saturated carbocycles. The Kier molecular flexibility index (Phi) is 8.31. The molecule has 1 heterocycles. The zero-order chi connectivity index (χ0) is 31.9. The third-order valence-corrected chi connectivity index (χ3v) is 15.8. The van der Waals surface area contributed by atoms with E-state index in [1.54, 1.807) is 24.3 Å². The highest BCUT2D eigenvalue weighted by molar-refractivity contribution is 7.89. The zero-order valence-electron chi connectivity index (χ0n) is 25.7. The number of rotatable bonds is 8. The van der Waals surface area contributed by atoms with Crippen LogP contribution in [-0.2, 0) is 24.0 Å². The van der Waals surface area contributed by atoms with Gasteiger partial charge in [-0.2, -0.15) is 0 Å². The maximum atomic E-state index is 14.5. The highest BCUT2D eigenvalue weighted by Crippen LogP contribution is 2.51. The normalized spacial score (nSPS) is 22.5. The van der Waals surface area contributed by atoms with Gasteiger partial charge in [0.05, 0.1) is 23.0 Å². The SMILES string of the molecule is C=CC[C@@]12C=CC(=O)C(=C)[C@@H]1[C@@H](O[Si](c1ccccc1)(c1ccccc1)C(C)(C)C)CN(S(=O)(=O)c1ccc(C)cc1)C2=O. The van der Waals surface area contributed by atoms with E-state index in [1.807, 2.05) is 43.3 Å². The monoisotopic (exact) mass is 625 g/mol. The summed E-state index contributed by atoms with van der Waals surface area (Å²) >= 11 is 0. The lowest BCUT2D eigenvalue weighted by molar-refractivity contribution is -0.146. The number of aryl methyl sites for hydroxylation is 1. The van der Waals surface area contributed by atoms with Crippen LogP contribution in [0.25, 0.3) is 0 Å². The minimum atomic E-state index is -4.28. The van der Waals surface area contributed by atoms with Gasteiger partial charge in [0.2, 0.25) is 5.91 Å². The van der Waals surface area contributed by atoms with Crippen LogP contribution in [-0.4, -0.2) is 45.4 Å². The average molecular weight is 626 g/mol. The summed E-state index contributed by atoms with van der Waals surface area (Å²) in [6, 6.07) is 26.5. The molecule has 1 amide bonds. The van der Waals surface area contributed by atoms with Crippen molar-refractivity contribution in [2.45, 2.75) is 50.2 Å². The molecule has 1 aliphatic heterocycles. The van der Waals surface area contributed by atoms with Crippen LogP contribution in [0.3, 0.4) is 0 Å². The highest BCUT2D eigenvalue weighted by Gasteiger charge is 2.61. The quantitative estimate of drug-likeness (QED) is 0.192. The number of benzene rings is 3. The number of hydrogen-bond acceptors (Lipinski definition) is 5. The molecule has 1 saturated heterocycles. The molecule has 3 aromatic carbocycles. The number of nitrogens with zero attached hydrogens (tertiary/aromatic N) is 1. The zero-order valence-corrected chi connectivity index (χ0v) is 27.5.